The molecule has 0 saturated heterocycles. The Balaban J connectivity index is 2.15. The SMILES string of the molecule is CC(C)(C)CC[C@@H]1C[C@H]1CC(C)(C)C. The zero-order valence-corrected chi connectivity index (χ0v) is 11.0. The Bertz CT molecular complexity index is 177. The zero-order valence-electron chi connectivity index (χ0n) is 11.0. The quantitative estimate of drug-likeness (QED) is 0.603. The van der Waals surface area contributed by atoms with Gasteiger partial charge in [0.1, 0.15) is 0 Å². The molecule has 0 radical (unpaired) electrons. The van der Waals surface area contributed by atoms with E-state index in [4.69, 9.17) is 0 Å². The third-order valence-electron chi connectivity index (χ3n) is 3.21. The summed E-state index contributed by atoms with van der Waals surface area (Å²) in [6, 6.07) is 0. The van der Waals surface area contributed by atoms with E-state index in [1.54, 1.807) is 0 Å². The van der Waals surface area contributed by atoms with E-state index >= 15 is 0 Å². The molecule has 0 unspecified atom stereocenters. The number of rotatable bonds is 3. The van der Waals surface area contributed by atoms with Crippen LogP contribution in [0.15, 0.2) is 0 Å². The Morgan fingerprint density at radius 1 is 0.857 bits per heavy atom. The first kappa shape index (κ1) is 12.1. The second-order valence-corrected chi connectivity index (χ2v) is 7.62. The smallest absolute Gasteiger partial charge is 0.0378 e. The van der Waals surface area contributed by atoms with Gasteiger partial charge in [-0.05, 0) is 48.3 Å². The number of hydrogen-bond donors (Lipinski definition) is 0. The lowest BCUT2D eigenvalue weighted by atomic mass is 9.86. The van der Waals surface area contributed by atoms with Crippen molar-refractivity contribution in [2.24, 2.45) is 22.7 Å². The van der Waals surface area contributed by atoms with Gasteiger partial charge >= 0.3 is 0 Å². The molecule has 0 N–H and O–H groups in total. The van der Waals surface area contributed by atoms with Crippen molar-refractivity contribution in [3.63, 3.8) is 0 Å². The van der Waals surface area contributed by atoms with Gasteiger partial charge in [0.25, 0.3) is 0 Å². The molecule has 1 fully saturated rings. The Kier molecular flexibility index (Phi) is 3.33. The van der Waals surface area contributed by atoms with Crippen molar-refractivity contribution in [3.05, 3.63) is 0 Å². The van der Waals surface area contributed by atoms with Gasteiger partial charge in [0, 0.05) is 0 Å². The second-order valence-electron chi connectivity index (χ2n) is 7.62. The summed E-state index contributed by atoms with van der Waals surface area (Å²) >= 11 is 0. The predicted octanol–water partition coefficient (Wildman–Crippen LogP) is 4.89. The van der Waals surface area contributed by atoms with Crippen LogP contribution >= 0.6 is 0 Å². The fourth-order valence-electron chi connectivity index (χ4n) is 2.32. The molecule has 0 aromatic heterocycles. The van der Waals surface area contributed by atoms with E-state index in [1.807, 2.05) is 0 Å². The highest BCUT2D eigenvalue weighted by Crippen LogP contribution is 2.49. The molecule has 0 spiro atoms. The molecule has 0 heteroatoms. The molecule has 0 aromatic carbocycles. The molecule has 0 bridgehead atoms. The first-order valence-electron chi connectivity index (χ1n) is 6.17. The van der Waals surface area contributed by atoms with Crippen molar-refractivity contribution in [2.45, 2.75) is 67.2 Å². The van der Waals surface area contributed by atoms with Crippen LogP contribution < -0.4 is 0 Å². The van der Waals surface area contributed by atoms with Gasteiger partial charge in [0.05, 0.1) is 0 Å². The minimum absolute atomic E-state index is 0.537. The molecule has 1 aliphatic rings. The van der Waals surface area contributed by atoms with Crippen LogP contribution in [-0.2, 0) is 0 Å². The summed E-state index contributed by atoms with van der Waals surface area (Å²) in [5.41, 5.74) is 1.08. The summed E-state index contributed by atoms with van der Waals surface area (Å²) in [7, 11) is 0. The fraction of sp³-hybridized carbons (Fsp3) is 1.00. The van der Waals surface area contributed by atoms with Crippen molar-refractivity contribution in [1.82, 2.24) is 0 Å². The topological polar surface area (TPSA) is 0 Å². The van der Waals surface area contributed by atoms with Gasteiger partial charge in [-0.15, -0.1) is 0 Å². The molecule has 0 nitrogen and oxygen atoms in total. The van der Waals surface area contributed by atoms with Crippen LogP contribution in [0.3, 0.4) is 0 Å². The van der Waals surface area contributed by atoms with Gasteiger partial charge in [0.2, 0.25) is 0 Å². The van der Waals surface area contributed by atoms with Gasteiger partial charge in [0.15, 0.2) is 0 Å². The van der Waals surface area contributed by atoms with Crippen molar-refractivity contribution in [1.29, 1.82) is 0 Å². The van der Waals surface area contributed by atoms with E-state index in [1.165, 1.54) is 25.7 Å². The first-order valence-corrected chi connectivity index (χ1v) is 6.17. The Hall–Kier alpha value is 0. The third kappa shape index (κ3) is 5.02. The van der Waals surface area contributed by atoms with E-state index in [9.17, 15) is 0 Å². The molecule has 0 amide bonds. The normalized spacial score (nSPS) is 27.9. The molecule has 84 valence electrons. The van der Waals surface area contributed by atoms with Crippen LogP contribution in [0.1, 0.15) is 67.2 Å². The molecule has 0 heterocycles. The summed E-state index contributed by atoms with van der Waals surface area (Å²) in [5, 5.41) is 0. The van der Waals surface area contributed by atoms with E-state index < -0.39 is 0 Å². The van der Waals surface area contributed by atoms with E-state index in [2.05, 4.69) is 41.5 Å². The lowest BCUT2D eigenvalue weighted by Crippen LogP contribution is -2.08. The highest BCUT2D eigenvalue weighted by Gasteiger charge is 2.39. The maximum Gasteiger partial charge on any atom is -0.0378 e. The minimum atomic E-state index is 0.537. The van der Waals surface area contributed by atoms with Crippen molar-refractivity contribution in [2.75, 3.05) is 0 Å². The molecule has 1 saturated carbocycles. The van der Waals surface area contributed by atoms with Gasteiger partial charge in [-0.1, -0.05) is 41.5 Å². The minimum Gasteiger partial charge on any atom is -0.0602 e. The zero-order chi connectivity index (χ0) is 11.0. The van der Waals surface area contributed by atoms with E-state index in [0.29, 0.717) is 10.8 Å². The van der Waals surface area contributed by atoms with Crippen LogP contribution in [0.4, 0.5) is 0 Å². The first-order chi connectivity index (χ1) is 6.17. The monoisotopic (exact) mass is 196 g/mol. The average Bonchev–Trinajstić information content (AvgIpc) is 2.58. The maximum absolute atomic E-state index is 2.37. The summed E-state index contributed by atoms with van der Waals surface area (Å²) in [5.74, 6) is 2.12. The predicted molar refractivity (Wildman–Crippen MR) is 64.4 cm³/mol. The van der Waals surface area contributed by atoms with E-state index in [0.717, 1.165) is 11.8 Å². The largest absolute Gasteiger partial charge is 0.0602 e. The summed E-state index contributed by atoms with van der Waals surface area (Å²) in [6.45, 7) is 14.2. The standard InChI is InChI=1S/C14H28/c1-13(2,3)8-7-11-9-12(11)10-14(4,5)6/h11-12H,7-10H2,1-6H3/t11-,12+/m1/s1. The van der Waals surface area contributed by atoms with Crippen molar-refractivity contribution >= 4 is 0 Å². The summed E-state index contributed by atoms with van der Waals surface area (Å²) in [6.07, 6.45) is 5.80. The molecular weight excluding hydrogens is 168 g/mol. The molecular formula is C14H28. The lowest BCUT2D eigenvalue weighted by molar-refractivity contribution is 0.320. The van der Waals surface area contributed by atoms with E-state index in [-0.39, 0.29) is 0 Å². The highest BCUT2D eigenvalue weighted by atomic mass is 14.4. The second kappa shape index (κ2) is 3.87. The highest BCUT2D eigenvalue weighted by molar-refractivity contribution is 4.89. The molecule has 2 atom stereocenters. The van der Waals surface area contributed by atoms with Crippen molar-refractivity contribution in [3.8, 4) is 0 Å². The maximum atomic E-state index is 2.37. The van der Waals surface area contributed by atoms with Gasteiger partial charge < -0.3 is 0 Å². The van der Waals surface area contributed by atoms with Gasteiger partial charge in [-0.3, -0.25) is 0 Å². The Morgan fingerprint density at radius 3 is 1.86 bits per heavy atom. The molecule has 0 aromatic rings. The molecule has 1 rings (SSSR count). The molecule has 0 aliphatic heterocycles. The van der Waals surface area contributed by atoms with Crippen LogP contribution in [0.25, 0.3) is 0 Å². The third-order valence-corrected chi connectivity index (χ3v) is 3.21. The lowest BCUT2D eigenvalue weighted by Gasteiger charge is -2.19. The Morgan fingerprint density at radius 2 is 1.43 bits per heavy atom. The van der Waals surface area contributed by atoms with Gasteiger partial charge in [-0.2, -0.15) is 0 Å². The Labute approximate surface area is 90.5 Å². The fourth-order valence-corrected chi connectivity index (χ4v) is 2.32. The molecule has 1 aliphatic carbocycles. The van der Waals surface area contributed by atoms with Crippen molar-refractivity contribution < 1.29 is 0 Å². The summed E-state index contributed by atoms with van der Waals surface area (Å²) < 4.78 is 0. The molecule has 14 heavy (non-hydrogen) atoms. The van der Waals surface area contributed by atoms with Crippen LogP contribution in [0.2, 0.25) is 0 Å². The van der Waals surface area contributed by atoms with Gasteiger partial charge in [-0.25, -0.2) is 0 Å². The van der Waals surface area contributed by atoms with Crippen LogP contribution in [0, 0.1) is 22.7 Å². The summed E-state index contributed by atoms with van der Waals surface area (Å²) in [4.78, 5) is 0. The van der Waals surface area contributed by atoms with Crippen LogP contribution in [-0.4, -0.2) is 0 Å². The average molecular weight is 196 g/mol. The number of hydrogen-bond acceptors (Lipinski definition) is 0. The van der Waals surface area contributed by atoms with Crippen LogP contribution in [0.5, 0.6) is 0 Å².